The predicted molar refractivity (Wildman–Crippen MR) is 70.2 cm³/mol. The highest BCUT2D eigenvalue weighted by Gasteiger charge is 2.10. The lowest BCUT2D eigenvalue weighted by Crippen LogP contribution is -2.24. The molecule has 0 spiro atoms. The third kappa shape index (κ3) is 1.95. The molecular formula is C13H17ClN2. The molecule has 0 aliphatic heterocycles. The highest BCUT2D eigenvalue weighted by molar-refractivity contribution is 6.35. The summed E-state index contributed by atoms with van der Waals surface area (Å²) in [6, 6.07) is 8.70. The molecule has 0 aliphatic rings. The zero-order chi connectivity index (χ0) is 11.7. The minimum Gasteiger partial charge on any atom is -0.348 e. The number of hydrogen-bond acceptors (Lipinski definition) is 1. The number of rotatable bonds is 3. The van der Waals surface area contributed by atoms with E-state index in [0.717, 1.165) is 16.8 Å². The van der Waals surface area contributed by atoms with Gasteiger partial charge in [0, 0.05) is 41.1 Å². The number of nitrogens with zero attached hydrogens (tertiary/aromatic N) is 1. The maximum Gasteiger partial charge on any atom is 0.0499 e. The van der Waals surface area contributed by atoms with Crippen LogP contribution in [-0.4, -0.2) is 17.7 Å². The van der Waals surface area contributed by atoms with Gasteiger partial charge in [-0.25, -0.2) is 0 Å². The quantitative estimate of drug-likeness (QED) is 0.867. The summed E-state index contributed by atoms with van der Waals surface area (Å²) >= 11 is 6.18. The van der Waals surface area contributed by atoms with Crippen LogP contribution in [0.25, 0.3) is 10.9 Å². The first kappa shape index (κ1) is 11.5. The van der Waals surface area contributed by atoms with Gasteiger partial charge in [-0.3, -0.25) is 0 Å². The highest BCUT2D eigenvalue weighted by Crippen LogP contribution is 2.26. The number of hydrogen-bond donors (Lipinski definition) is 1. The Balaban J connectivity index is 2.48. The van der Waals surface area contributed by atoms with Crippen LogP contribution in [0.5, 0.6) is 0 Å². The minimum absolute atomic E-state index is 0.474. The number of aryl methyl sites for hydroxylation is 1. The molecule has 2 nitrogen and oxygen atoms in total. The van der Waals surface area contributed by atoms with Crippen molar-refractivity contribution in [1.82, 2.24) is 9.88 Å². The Morgan fingerprint density at radius 2 is 2.19 bits per heavy atom. The number of fused-ring (bicyclic) bond motifs is 1. The molecule has 86 valence electrons. The molecule has 2 aromatic rings. The van der Waals surface area contributed by atoms with Gasteiger partial charge in [-0.05, 0) is 32.2 Å². The second-order valence-electron chi connectivity index (χ2n) is 4.26. The van der Waals surface area contributed by atoms with Crippen LogP contribution in [-0.2, 0) is 13.5 Å². The average Bonchev–Trinajstić information content (AvgIpc) is 2.58. The van der Waals surface area contributed by atoms with Crippen molar-refractivity contribution >= 4 is 22.5 Å². The Hall–Kier alpha value is -0.990. The van der Waals surface area contributed by atoms with Crippen LogP contribution >= 0.6 is 11.6 Å². The number of aromatic nitrogens is 1. The molecule has 0 amide bonds. The lowest BCUT2D eigenvalue weighted by molar-refractivity contribution is 0.591. The van der Waals surface area contributed by atoms with Gasteiger partial charge in [0.2, 0.25) is 0 Å². The Morgan fingerprint density at radius 1 is 1.44 bits per heavy atom. The number of benzene rings is 1. The molecule has 3 heteroatoms. The van der Waals surface area contributed by atoms with E-state index < -0.39 is 0 Å². The summed E-state index contributed by atoms with van der Waals surface area (Å²) < 4.78 is 2.22. The zero-order valence-corrected chi connectivity index (χ0v) is 10.7. The van der Waals surface area contributed by atoms with Crippen molar-refractivity contribution in [2.75, 3.05) is 7.05 Å². The maximum atomic E-state index is 6.18. The molecule has 16 heavy (non-hydrogen) atoms. The zero-order valence-electron chi connectivity index (χ0n) is 9.92. The van der Waals surface area contributed by atoms with E-state index >= 15 is 0 Å². The lowest BCUT2D eigenvalue weighted by atomic mass is 10.2. The Morgan fingerprint density at radius 3 is 2.81 bits per heavy atom. The fourth-order valence-corrected chi connectivity index (χ4v) is 2.21. The summed E-state index contributed by atoms with van der Waals surface area (Å²) in [7, 11) is 4.08. The standard InChI is InChI=1S/C13H17ClN2/c1-9(15-2)7-10-8-11-12(14)5-4-6-13(11)16(10)3/h4-6,8-9,15H,7H2,1-3H3. The van der Waals surface area contributed by atoms with Crippen molar-refractivity contribution in [2.45, 2.75) is 19.4 Å². The fraction of sp³-hybridized carbons (Fsp3) is 0.385. The molecule has 0 saturated carbocycles. The van der Waals surface area contributed by atoms with Gasteiger partial charge in [0.1, 0.15) is 0 Å². The smallest absolute Gasteiger partial charge is 0.0499 e. The summed E-state index contributed by atoms with van der Waals surface area (Å²) in [6.45, 7) is 2.18. The third-order valence-electron chi connectivity index (χ3n) is 3.14. The van der Waals surface area contributed by atoms with Gasteiger partial charge in [-0.1, -0.05) is 17.7 Å². The fourth-order valence-electron chi connectivity index (χ4n) is 1.99. The lowest BCUT2D eigenvalue weighted by Gasteiger charge is -2.10. The van der Waals surface area contributed by atoms with Crippen molar-refractivity contribution in [2.24, 2.45) is 7.05 Å². The van der Waals surface area contributed by atoms with Gasteiger partial charge in [0.15, 0.2) is 0 Å². The summed E-state index contributed by atoms with van der Waals surface area (Å²) in [6.07, 6.45) is 1.01. The van der Waals surface area contributed by atoms with E-state index in [4.69, 9.17) is 11.6 Å². The van der Waals surface area contributed by atoms with Crippen molar-refractivity contribution < 1.29 is 0 Å². The van der Waals surface area contributed by atoms with Crippen molar-refractivity contribution in [1.29, 1.82) is 0 Å². The van der Waals surface area contributed by atoms with Crippen LogP contribution in [0.15, 0.2) is 24.3 Å². The van der Waals surface area contributed by atoms with Crippen LogP contribution in [0.2, 0.25) is 5.02 Å². The molecule has 0 radical (unpaired) electrons. The molecule has 1 heterocycles. The summed E-state index contributed by atoms with van der Waals surface area (Å²) in [5.41, 5.74) is 2.51. The second-order valence-corrected chi connectivity index (χ2v) is 4.67. The monoisotopic (exact) mass is 236 g/mol. The third-order valence-corrected chi connectivity index (χ3v) is 3.47. The van der Waals surface area contributed by atoms with Crippen molar-refractivity contribution in [3.63, 3.8) is 0 Å². The highest BCUT2D eigenvalue weighted by atomic mass is 35.5. The van der Waals surface area contributed by atoms with E-state index in [9.17, 15) is 0 Å². The average molecular weight is 237 g/mol. The van der Waals surface area contributed by atoms with E-state index in [2.05, 4.69) is 36.0 Å². The molecule has 0 aliphatic carbocycles. The van der Waals surface area contributed by atoms with Crippen molar-refractivity contribution in [3.05, 3.63) is 35.0 Å². The number of halogens is 1. The first-order valence-corrected chi connectivity index (χ1v) is 5.91. The van der Waals surface area contributed by atoms with Gasteiger partial charge in [-0.2, -0.15) is 0 Å². The molecule has 0 saturated heterocycles. The topological polar surface area (TPSA) is 17.0 Å². The predicted octanol–water partition coefficient (Wildman–Crippen LogP) is 2.98. The van der Waals surface area contributed by atoms with E-state index in [1.54, 1.807) is 0 Å². The van der Waals surface area contributed by atoms with E-state index in [-0.39, 0.29) is 0 Å². The number of likely N-dealkylation sites (N-methyl/N-ethyl adjacent to an activating group) is 1. The molecule has 1 atom stereocenters. The van der Waals surface area contributed by atoms with Crippen LogP contribution in [0.1, 0.15) is 12.6 Å². The van der Waals surface area contributed by atoms with Crippen LogP contribution < -0.4 is 5.32 Å². The number of nitrogens with one attached hydrogen (secondary N) is 1. The molecule has 1 aromatic heterocycles. The van der Waals surface area contributed by atoms with Gasteiger partial charge >= 0.3 is 0 Å². The van der Waals surface area contributed by atoms with Gasteiger partial charge in [-0.15, -0.1) is 0 Å². The Labute approximate surface area is 101 Å². The normalized spacial score (nSPS) is 13.2. The van der Waals surface area contributed by atoms with Gasteiger partial charge < -0.3 is 9.88 Å². The van der Waals surface area contributed by atoms with Gasteiger partial charge in [0.25, 0.3) is 0 Å². The van der Waals surface area contributed by atoms with E-state index in [1.165, 1.54) is 11.2 Å². The van der Waals surface area contributed by atoms with E-state index in [1.807, 2.05) is 19.2 Å². The minimum atomic E-state index is 0.474. The molecule has 1 aromatic carbocycles. The first-order valence-electron chi connectivity index (χ1n) is 5.53. The van der Waals surface area contributed by atoms with E-state index in [0.29, 0.717) is 6.04 Å². The SMILES string of the molecule is CNC(C)Cc1cc2c(Cl)cccc2n1C. The Bertz CT molecular complexity index is 502. The molecule has 0 fully saturated rings. The molecular weight excluding hydrogens is 220 g/mol. The van der Waals surface area contributed by atoms with Crippen LogP contribution in [0, 0.1) is 0 Å². The second kappa shape index (κ2) is 4.48. The molecule has 1 N–H and O–H groups in total. The maximum absolute atomic E-state index is 6.18. The molecule has 1 unspecified atom stereocenters. The van der Waals surface area contributed by atoms with Gasteiger partial charge in [0.05, 0.1) is 0 Å². The summed E-state index contributed by atoms with van der Waals surface area (Å²) in [5, 5.41) is 5.23. The largest absolute Gasteiger partial charge is 0.348 e. The van der Waals surface area contributed by atoms with Crippen LogP contribution in [0.4, 0.5) is 0 Å². The molecule has 2 rings (SSSR count). The Kier molecular flexibility index (Phi) is 3.22. The van der Waals surface area contributed by atoms with Crippen LogP contribution in [0.3, 0.4) is 0 Å². The summed E-state index contributed by atoms with van der Waals surface area (Å²) in [5.74, 6) is 0. The molecule has 0 bridgehead atoms. The first-order chi connectivity index (χ1) is 7.63. The van der Waals surface area contributed by atoms with Crippen molar-refractivity contribution in [3.8, 4) is 0 Å². The summed E-state index contributed by atoms with van der Waals surface area (Å²) in [4.78, 5) is 0.